The Morgan fingerprint density at radius 1 is 1.19 bits per heavy atom. The first kappa shape index (κ1) is 18.3. The minimum Gasteiger partial charge on any atom is -0.352 e. The number of nitrogens with zero attached hydrogens (tertiary/aromatic N) is 3. The van der Waals surface area contributed by atoms with Crippen LogP contribution in [0.4, 0.5) is 21.8 Å². The van der Waals surface area contributed by atoms with Crippen molar-refractivity contribution in [1.82, 2.24) is 15.0 Å². The summed E-state index contributed by atoms with van der Waals surface area (Å²) in [5.41, 5.74) is 2.36. The average Bonchev–Trinajstić information content (AvgIpc) is 2.64. The molecule has 0 spiro atoms. The van der Waals surface area contributed by atoms with Crippen LogP contribution < -0.4 is 10.6 Å². The van der Waals surface area contributed by atoms with Crippen LogP contribution in [-0.2, 0) is 0 Å². The lowest BCUT2D eigenvalue weighted by atomic mass is 10.2. The summed E-state index contributed by atoms with van der Waals surface area (Å²) >= 11 is 3.37. The molecule has 0 radical (unpaired) electrons. The molecule has 0 bridgehead atoms. The van der Waals surface area contributed by atoms with Crippen LogP contribution in [0.25, 0.3) is 11.3 Å². The van der Waals surface area contributed by atoms with E-state index in [4.69, 9.17) is 0 Å². The number of rotatable bonds is 6. The molecule has 2 N–H and O–H groups in total. The number of hydrogen-bond acceptors (Lipinski definition) is 5. The molecule has 7 heteroatoms. The maximum atomic E-state index is 13.3. The standard InChI is InChI=1S/C19H19BrFN5/c1-3-12(2)23-19-25-17(13-5-4-8-22-11-13)10-18(26-19)24-16-7-6-14(21)9-15(16)20/h4-12H,3H2,1-2H3,(H2,23,24,25,26)/t12-/m1/s1. The highest BCUT2D eigenvalue weighted by Gasteiger charge is 2.10. The minimum atomic E-state index is -0.305. The van der Waals surface area contributed by atoms with Gasteiger partial charge in [0.1, 0.15) is 11.6 Å². The molecule has 0 saturated heterocycles. The Morgan fingerprint density at radius 2 is 2.04 bits per heavy atom. The molecule has 26 heavy (non-hydrogen) atoms. The second kappa shape index (κ2) is 8.23. The second-order valence-corrected chi connectivity index (χ2v) is 6.76. The molecular weight excluding hydrogens is 397 g/mol. The molecule has 3 rings (SSSR count). The second-order valence-electron chi connectivity index (χ2n) is 5.91. The van der Waals surface area contributed by atoms with E-state index in [0.29, 0.717) is 16.2 Å². The normalized spacial score (nSPS) is 11.8. The highest BCUT2D eigenvalue weighted by Crippen LogP contribution is 2.28. The van der Waals surface area contributed by atoms with E-state index in [1.165, 1.54) is 12.1 Å². The summed E-state index contributed by atoms with van der Waals surface area (Å²) in [6, 6.07) is 10.4. The van der Waals surface area contributed by atoms with Crippen LogP contribution >= 0.6 is 15.9 Å². The van der Waals surface area contributed by atoms with Crippen LogP contribution in [-0.4, -0.2) is 21.0 Å². The van der Waals surface area contributed by atoms with Crippen molar-refractivity contribution < 1.29 is 4.39 Å². The molecule has 5 nitrogen and oxygen atoms in total. The van der Waals surface area contributed by atoms with E-state index in [1.54, 1.807) is 18.5 Å². The minimum absolute atomic E-state index is 0.240. The number of aromatic nitrogens is 3. The van der Waals surface area contributed by atoms with Crippen molar-refractivity contribution >= 4 is 33.4 Å². The van der Waals surface area contributed by atoms with Gasteiger partial charge in [0.2, 0.25) is 5.95 Å². The predicted octanol–water partition coefficient (Wildman–Crippen LogP) is 5.39. The largest absolute Gasteiger partial charge is 0.352 e. The summed E-state index contributed by atoms with van der Waals surface area (Å²) in [5, 5.41) is 6.51. The van der Waals surface area contributed by atoms with Crippen LogP contribution in [0.3, 0.4) is 0 Å². The van der Waals surface area contributed by atoms with Crippen LogP contribution in [0.15, 0.2) is 53.3 Å². The molecule has 0 fully saturated rings. The zero-order valence-electron chi connectivity index (χ0n) is 14.5. The van der Waals surface area contributed by atoms with Crippen molar-refractivity contribution in [3.8, 4) is 11.3 Å². The first-order valence-corrected chi connectivity index (χ1v) is 9.12. The number of anilines is 3. The molecule has 0 amide bonds. The lowest BCUT2D eigenvalue weighted by Gasteiger charge is -2.15. The van der Waals surface area contributed by atoms with Gasteiger partial charge in [-0.05, 0) is 59.6 Å². The van der Waals surface area contributed by atoms with Gasteiger partial charge in [-0.3, -0.25) is 4.98 Å². The van der Waals surface area contributed by atoms with Gasteiger partial charge in [0, 0.05) is 34.5 Å². The Kier molecular flexibility index (Phi) is 5.78. The molecule has 0 aliphatic heterocycles. The summed E-state index contributed by atoms with van der Waals surface area (Å²) in [4.78, 5) is 13.3. The summed E-state index contributed by atoms with van der Waals surface area (Å²) in [6.07, 6.45) is 4.43. The van der Waals surface area contributed by atoms with E-state index in [0.717, 1.165) is 23.4 Å². The molecule has 0 unspecified atom stereocenters. The Labute approximate surface area is 160 Å². The zero-order chi connectivity index (χ0) is 18.5. The van der Waals surface area contributed by atoms with Crippen LogP contribution in [0.1, 0.15) is 20.3 Å². The van der Waals surface area contributed by atoms with Crippen molar-refractivity contribution in [2.75, 3.05) is 10.6 Å². The van der Waals surface area contributed by atoms with Gasteiger partial charge in [0.15, 0.2) is 0 Å². The smallest absolute Gasteiger partial charge is 0.225 e. The summed E-state index contributed by atoms with van der Waals surface area (Å²) in [7, 11) is 0. The van der Waals surface area contributed by atoms with Crippen LogP contribution in [0.5, 0.6) is 0 Å². The lowest BCUT2D eigenvalue weighted by molar-refractivity contribution is 0.627. The first-order chi connectivity index (χ1) is 12.5. The fourth-order valence-electron chi connectivity index (χ4n) is 2.29. The monoisotopic (exact) mass is 415 g/mol. The van der Waals surface area contributed by atoms with E-state index in [1.807, 2.05) is 18.2 Å². The van der Waals surface area contributed by atoms with Crippen molar-refractivity contribution in [3.63, 3.8) is 0 Å². The zero-order valence-corrected chi connectivity index (χ0v) is 16.1. The third-order valence-electron chi connectivity index (χ3n) is 3.87. The number of benzene rings is 1. The highest BCUT2D eigenvalue weighted by molar-refractivity contribution is 9.10. The Morgan fingerprint density at radius 3 is 2.73 bits per heavy atom. The van der Waals surface area contributed by atoms with E-state index in [2.05, 4.69) is 55.4 Å². The molecule has 0 saturated carbocycles. The van der Waals surface area contributed by atoms with Crippen LogP contribution in [0, 0.1) is 5.82 Å². The summed E-state index contributed by atoms with van der Waals surface area (Å²) < 4.78 is 13.9. The molecule has 0 aliphatic carbocycles. The van der Waals surface area contributed by atoms with E-state index in [-0.39, 0.29) is 11.9 Å². The van der Waals surface area contributed by atoms with E-state index < -0.39 is 0 Å². The quantitative estimate of drug-likeness (QED) is 0.564. The van der Waals surface area contributed by atoms with Crippen molar-refractivity contribution in [3.05, 3.63) is 59.1 Å². The predicted molar refractivity (Wildman–Crippen MR) is 106 cm³/mol. The van der Waals surface area contributed by atoms with Gasteiger partial charge in [-0.1, -0.05) is 6.92 Å². The topological polar surface area (TPSA) is 62.7 Å². The number of pyridine rings is 1. The van der Waals surface area contributed by atoms with Gasteiger partial charge in [-0.15, -0.1) is 0 Å². The Hall–Kier alpha value is -2.54. The van der Waals surface area contributed by atoms with Gasteiger partial charge < -0.3 is 10.6 Å². The summed E-state index contributed by atoms with van der Waals surface area (Å²) in [5.74, 6) is 0.832. The molecule has 0 aliphatic rings. The molecule has 3 aromatic rings. The van der Waals surface area contributed by atoms with E-state index in [9.17, 15) is 4.39 Å². The maximum absolute atomic E-state index is 13.3. The number of nitrogens with one attached hydrogen (secondary N) is 2. The van der Waals surface area contributed by atoms with Crippen LogP contribution in [0.2, 0.25) is 0 Å². The molecule has 2 heterocycles. The molecular formula is C19H19BrFN5. The van der Waals surface area contributed by atoms with Gasteiger partial charge >= 0.3 is 0 Å². The molecule has 2 aromatic heterocycles. The third kappa shape index (κ3) is 4.54. The average molecular weight is 416 g/mol. The van der Waals surface area contributed by atoms with Crippen molar-refractivity contribution in [1.29, 1.82) is 0 Å². The molecule has 1 aromatic carbocycles. The van der Waals surface area contributed by atoms with Gasteiger partial charge in [-0.2, -0.15) is 4.98 Å². The lowest BCUT2D eigenvalue weighted by Crippen LogP contribution is -2.16. The SMILES string of the molecule is CC[C@@H](C)Nc1nc(Nc2ccc(F)cc2Br)cc(-c2cccnc2)n1. The summed E-state index contributed by atoms with van der Waals surface area (Å²) in [6.45, 7) is 4.17. The highest BCUT2D eigenvalue weighted by atomic mass is 79.9. The maximum Gasteiger partial charge on any atom is 0.225 e. The Balaban J connectivity index is 1.98. The fraction of sp³-hybridized carbons (Fsp3) is 0.211. The van der Waals surface area contributed by atoms with Crippen molar-refractivity contribution in [2.45, 2.75) is 26.3 Å². The number of hydrogen-bond donors (Lipinski definition) is 2. The van der Waals surface area contributed by atoms with Crippen molar-refractivity contribution in [2.24, 2.45) is 0 Å². The van der Waals surface area contributed by atoms with Gasteiger partial charge in [0.25, 0.3) is 0 Å². The van der Waals surface area contributed by atoms with Gasteiger partial charge in [-0.25, -0.2) is 9.37 Å². The fourth-order valence-corrected chi connectivity index (χ4v) is 2.74. The number of halogens is 2. The van der Waals surface area contributed by atoms with Gasteiger partial charge in [0.05, 0.1) is 11.4 Å². The Bertz CT molecular complexity index is 888. The first-order valence-electron chi connectivity index (χ1n) is 8.33. The van der Waals surface area contributed by atoms with E-state index >= 15 is 0 Å². The molecule has 134 valence electrons. The third-order valence-corrected chi connectivity index (χ3v) is 4.52. The molecule has 1 atom stereocenters.